The van der Waals surface area contributed by atoms with E-state index in [4.69, 9.17) is 4.74 Å². The Morgan fingerprint density at radius 3 is 2.41 bits per heavy atom. The lowest BCUT2D eigenvalue weighted by molar-refractivity contribution is 0.0907. The van der Waals surface area contributed by atoms with Gasteiger partial charge < -0.3 is 15.0 Å². The molecule has 1 N–H and O–H groups in total. The molecule has 0 radical (unpaired) electrons. The van der Waals surface area contributed by atoms with Gasteiger partial charge in [-0.05, 0) is 44.0 Å². The molecule has 1 aromatic carbocycles. The van der Waals surface area contributed by atoms with Gasteiger partial charge in [-0.3, -0.25) is 4.79 Å². The molecule has 1 aliphatic rings. The standard InChI is InChI=1S/C21H35N3O4S/c1-5-8-13-23-14-11-17(12-15-23)22-21(25)19-16-18(9-10-20(19)28-4)29(26,27)24(6-2)7-3/h9-10,16-17H,5-8,11-15H2,1-4H3,(H,22,25). The number of likely N-dealkylation sites (tertiary alicyclic amines) is 1. The number of methoxy groups -OCH3 is 1. The van der Waals surface area contributed by atoms with Gasteiger partial charge in [-0.2, -0.15) is 4.31 Å². The fourth-order valence-corrected chi connectivity index (χ4v) is 5.17. The highest BCUT2D eigenvalue weighted by atomic mass is 32.2. The molecule has 1 fully saturated rings. The number of amides is 1. The van der Waals surface area contributed by atoms with Gasteiger partial charge in [0.15, 0.2) is 0 Å². The first-order valence-corrected chi connectivity index (χ1v) is 12.0. The Morgan fingerprint density at radius 1 is 1.21 bits per heavy atom. The number of hydrogen-bond acceptors (Lipinski definition) is 5. The second kappa shape index (κ2) is 10.9. The van der Waals surface area contributed by atoms with Crippen molar-refractivity contribution in [1.29, 1.82) is 0 Å². The van der Waals surface area contributed by atoms with Gasteiger partial charge in [-0.25, -0.2) is 8.42 Å². The summed E-state index contributed by atoms with van der Waals surface area (Å²) in [6.45, 7) is 9.59. The van der Waals surface area contributed by atoms with Crippen LogP contribution in [0.1, 0.15) is 56.8 Å². The number of ether oxygens (including phenoxy) is 1. The maximum atomic E-state index is 12.9. The van der Waals surface area contributed by atoms with Crippen molar-refractivity contribution < 1.29 is 17.9 Å². The second-order valence-corrected chi connectivity index (χ2v) is 9.33. The smallest absolute Gasteiger partial charge is 0.255 e. The molecule has 1 aromatic rings. The zero-order valence-electron chi connectivity index (χ0n) is 18.1. The van der Waals surface area contributed by atoms with Crippen LogP contribution in [0.4, 0.5) is 0 Å². The minimum absolute atomic E-state index is 0.0909. The van der Waals surface area contributed by atoms with Gasteiger partial charge in [0.05, 0.1) is 17.6 Å². The third-order valence-electron chi connectivity index (χ3n) is 5.51. The molecule has 1 aliphatic heterocycles. The van der Waals surface area contributed by atoms with Gasteiger partial charge >= 0.3 is 0 Å². The van der Waals surface area contributed by atoms with E-state index in [0.29, 0.717) is 18.8 Å². The molecule has 2 rings (SSSR count). The summed E-state index contributed by atoms with van der Waals surface area (Å²) in [6, 6.07) is 4.57. The van der Waals surface area contributed by atoms with E-state index in [1.54, 1.807) is 19.9 Å². The van der Waals surface area contributed by atoms with Crippen molar-refractivity contribution in [3.63, 3.8) is 0 Å². The molecule has 0 bridgehead atoms. The second-order valence-electron chi connectivity index (χ2n) is 7.39. The lowest BCUT2D eigenvalue weighted by Crippen LogP contribution is -2.45. The quantitative estimate of drug-likeness (QED) is 0.624. The van der Waals surface area contributed by atoms with Crippen molar-refractivity contribution in [2.24, 2.45) is 0 Å². The van der Waals surface area contributed by atoms with Crippen molar-refractivity contribution in [2.45, 2.75) is 57.4 Å². The molecule has 0 aliphatic carbocycles. The monoisotopic (exact) mass is 425 g/mol. The van der Waals surface area contributed by atoms with Crippen molar-refractivity contribution in [2.75, 3.05) is 39.8 Å². The summed E-state index contributed by atoms with van der Waals surface area (Å²) >= 11 is 0. The van der Waals surface area contributed by atoms with Gasteiger partial charge in [0.2, 0.25) is 10.0 Å². The summed E-state index contributed by atoms with van der Waals surface area (Å²) in [5.74, 6) is 0.0897. The Bertz CT molecular complexity index is 770. The average molecular weight is 426 g/mol. The zero-order chi connectivity index (χ0) is 21.4. The Balaban J connectivity index is 2.13. The highest BCUT2D eigenvalue weighted by molar-refractivity contribution is 7.89. The number of nitrogens with zero attached hydrogens (tertiary/aromatic N) is 2. The molecule has 1 heterocycles. The summed E-state index contributed by atoms with van der Waals surface area (Å²) in [5, 5.41) is 3.07. The molecule has 1 saturated heterocycles. The maximum absolute atomic E-state index is 12.9. The average Bonchev–Trinajstić information content (AvgIpc) is 2.73. The van der Waals surface area contributed by atoms with Gasteiger partial charge in [0.1, 0.15) is 5.75 Å². The number of benzene rings is 1. The molecule has 0 saturated carbocycles. The van der Waals surface area contributed by atoms with Crippen molar-refractivity contribution >= 4 is 15.9 Å². The van der Waals surface area contributed by atoms with Crippen LogP contribution in [0.15, 0.2) is 23.1 Å². The molecule has 1 amide bonds. The van der Waals surface area contributed by atoms with E-state index in [-0.39, 0.29) is 22.4 Å². The molecular formula is C21H35N3O4S. The normalized spacial score (nSPS) is 16.2. The van der Waals surface area contributed by atoms with E-state index < -0.39 is 10.0 Å². The van der Waals surface area contributed by atoms with E-state index in [0.717, 1.165) is 32.5 Å². The van der Waals surface area contributed by atoms with E-state index in [1.165, 1.54) is 36.4 Å². The van der Waals surface area contributed by atoms with E-state index in [2.05, 4.69) is 17.1 Å². The van der Waals surface area contributed by atoms with Crippen molar-refractivity contribution in [3.05, 3.63) is 23.8 Å². The van der Waals surface area contributed by atoms with Crippen LogP contribution < -0.4 is 10.1 Å². The SMILES string of the molecule is CCCCN1CCC(NC(=O)c2cc(S(=O)(=O)N(CC)CC)ccc2OC)CC1. The molecule has 0 spiro atoms. The number of sulfonamides is 1. The number of hydrogen-bond donors (Lipinski definition) is 1. The predicted molar refractivity (Wildman–Crippen MR) is 115 cm³/mol. The first-order chi connectivity index (χ1) is 13.9. The topological polar surface area (TPSA) is 79.0 Å². The van der Waals surface area contributed by atoms with Crippen LogP contribution in [0.2, 0.25) is 0 Å². The molecule has 0 atom stereocenters. The van der Waals surface area contributed by atoms with Crippen molar-refractivity contribution in [3.8, 4) is 5.75 Å². The van der Waals surface area contributed by atoms with Crippen LogP contribution in [-0.2, 0) is 10.0 Å². The Kier molecular flexibility index (Phi) is 8.92. The van der Waals surface area contributed by atoms with Gasteiger partial charge in [-0.1, -0.05) is 27.2 Å². The molecule has 0 aromatic heterocycles. The Morgan fingerprint density at radius 2 is 1.86 bits per heavy atom. The molecule has 0 unspecified atom stereocenters. The fourth-order valence-electron chi connectivity index (χ4n) is 3.68. The van der Waals surface area contributed by atoms with Crippen LogP contribution >= 0.6 is 0 Å². The first-order valence-electron chi connectivity index (χ1n) is 10.6. The summed E-state index contributed by atoms with van der Waals surface area (Å²) in [7, 11) is -2.16. The zero-order valence-corrected chi connectivity index (χ0v) is 18.9. The molecule has 29 heavy (non-hydrogen) atoms. The highest BCUT2D eigenvalue weighted by Gasteiger charge is 2.26. The van der Waals surface area contributed by atoms with E-state index in [9.17, 15) is 13.2 Å². The Labute approximate surface area is 175 Å². The number of nitrogens with one attached hydrogen (secondary N) is 1. The summed E-state index contributed by atoms with van der Waals surface area (Å²) in [5.41, 5.74) is 0.258. The molecule has 8 heteroatoms. The molecule has 7 nitrogen and oxygen atoms in total. The number of unbranched alkanes of at least 4 members (excludes halogenated alkanes) is 1. The van der Waals surface area contributed by atoms with Crippen molar-refractivity contribution in [1.82, 2.24) is 14.5 Å². The lowest BCUT2D eigenvalue weighted by Gasteiger charge is -2.32. The van der Waals surface area contributed by atoms with Crippen LogP contribution in [-0.4, -0.2) is 69.4 Å². The highest BCUT2D eigenvalue weighted by Crippen LogP contribution is 2.25. The largest absolute Gasteiger partial charge is 0.496 e. The summed E-state index contributed by atoms with van der Waals surface area (Å²) in [4.78, 5) is 15.5. The molecular weight excluding hydrogens is 390 g/mol. The molecule has 164 valence electrons. The minimum atomic E-state index is -3.64. The van der Waals surface area contributed by atoms with Gasteiger partial charge in [-0.15, -0.1) is 0 Å². The van der Waals surface area contributed by atoms with Crippen LogP contribution in [0.5, 0.6) is 5.75 Å². The third-order valence-corrected chi connectivity index (χ3v) is 7.56. The van der Waals surface area contributed by atoms with E-state index >= 15 is 0 Å². The van der Waals surface area contributed by atoms with Crippen LogP contribution in [0.3, 0.4) is 0 Å². The maximum Gasteiger partial charge on any atom is 0.255 e. The minimum Gasteiger partial charge on any atom is -0.496 e. The lowest BCUT2D eigenvalue weighted by atomic mass is 10.0. The van der Waals surface area contributed by atoms with E-state index in [1.807, 2.05) is 0 Å². The number of carbonyl (C=O) groups is 1. The number of rotatable bonds is 10. The van der Waals surface area contributed by atoms with Crippen LogP contribution in [0.25, 0.3) is 0 Å². The fraction of sp³-hybridized carbons (Fsp3) is 0.667. The first kappa shape index (κ1) is 23.6. The van der Waals surface area contributed by atoms with Crippen LogP contribution in [0, 0.1) is 0 Å². The summed E-state index contributed by atoms with van der Waals surface area (Å²) < 4.78 is 32.4. The predicted octanol–water partition coefficient (Wildman–Crippen LogP) is 2.72. The number of carbonyl (C=O) groups excluding carboxylic acids is 1. The summed E-state index contributed by atoms with van der Waals surface area (Å²) in [6.07, 6.45) is 4.18. The Hall–Kier alpha value is -1.64. The third kappa shape index (κ3) is 5.93. The number of piperidine rings is 1. The van der Waals surface area contributed by atoms with Gasteiger partial charge in [0, 0.05) is 32.2 Å². The van der Waals surface area contributed by atoms with Gasteiger partial charge in [0.25, 0.3) is 5.91 Å².